The van der Waals surface area contributed by atoms with Crippen molar-refractivity contribution in [2.24, 2.45) is 4.99 Å². The van der Waals surface area contributed by atoms with Crippen LogP contribution < -0.4 is 16.3 Å². The Balaban J connectivity index is 0.000000193. The Morgan fingerprint density at radius 3 is 2.04 bits per heavy atom. The van der Waals surface area contributed by atoms with Crippen molar-refractivity contribution in [3.05, 3.63) is 141 Å². The van der Waals surface area contributed by atoms with Gasteiger partial charge in [-0.2, -0.15) is 18.4 Å². The lowest BCUT2D eigenvalue weighted by Crippen LogP contribution is -2.29. The van der Waals surface area contributed by atoms with Crippen LogP contribution in [0, 0.1) is 0 Å². The van der Waals surface area contributed by atoms with Crippen LogP contribution in [0.2, 0.25) is 0 Å². The minimum atomic E-state index is -4.53. The maximum Gasteiger partial charge on any atom is 0.351 e. The average Bonchev–Trinajstić information content (AvgIpc) is 3.81. The lowest BCUT2D eigenvalue weighted by Gasteiger charge is -2.10. The molecule has 4 aromatic carbocycles. The number of aromatic amines is 2. The summed E-state index contributed by atoms with van der Waals surface area (Å²) in [6.07, 6.45) is 0. The van der Waals surface area contributed by atoms with Gasteiger partial charge < -0.3 is 20.7 Å². The van der Waals surface area contributed by atoms with Gasteiger partial charge in [0, 0.05) is 55.0 Å². The molecule has 4 heterocycles. The van der Waals surface area contributed by atoms with Gasteiger partial charge in [0.05, 0.1) is 39.3 Å². The molecular formula is C37H28I2N8O8S. The van der Waals surface area contributed by atoms with Crippen molar-refractivity contribution in [3.63, 3.8) is 0 Å². The van der Waals surface area contributed by atoms with Crippen molar-refractivity contribution in [1.29, 1.82) is 0 Å². The zero-order chi connectivity index (χ0) is 40.1. The first-order chi connectivity index (χ1) is 26.9. The molecular weight excluding hydrogens is 970 g/mol. The van der Waals surface area contributed by atoms with Gasteiger partial charge in [-0.25, -0.2) is 9.79 Å². The summed E-state index contributed by atoms with van der Waals surface area (Å²) in [5, 5.41) is 15.7. The Kier molecular flexibility index (Phi) is 12.1. The van der Waals surface area contributed by atoms with E-state index in [0.717, 1.165) is 16.0 Å². The van der Waals surface area contributed by atoms with E-state index in [-0.39, 0.29) is 53.0 Å². The third kappa shape index (κ3) is 8.24. The fourth-order valence-electron chi connectivity index (χ4n) is 5.98. The average molecular weight is 999 g/mol. The topological polar surface area (TPSA) is 240 Å². The summed E-state index contributed by atoms with van der Waals surface area (Å²) in [6.45, 7) is 1.94. The number of benzene rings is 4. The summed E-state index contributed by atoms with van der Waals surface area (Å²) >= 11 is 4.24. The molecule has 2 aliphatic rings. The van der Waals surface area contributed by atoms with E-state index < -0.39 is 26.6 Å². The first-order valence-corrected chi connectivity index (χ1v) is 24.1. The Hall–Kier alpha value is -5.78. The number of imide groups is 1. The summed E-state index contributed by atoms with van der Waals surface area (Å²) in [5.41, 5.74) is 3.73. The summed E-state index contributed by atoms with van der Waals surface area (Å²) in [4.78, 5) is 66.8. The van der Waals surface area contributed by atoms with E-state index >= 15 is 0 Å². The molecule has 0 saturated heterocycles. The highest BCUT2D eigenvalue weighted by Gasteiger charge is 2.35. The zero-order valence-electron chi connectivity index (χ0n) is 28.8. The highest BCUT2D eigenvalue weighted by Crippen LogP contribution is 2.38. The number of nitrogens with zero attached hydrogens (tertiary/aromatic N) is 4. The molecule has 284 valence electrons. The number of anilines is 4. The van der Waals surface area contributed by atoms with E-state index in [1.807, 2.05) is 60.7 Å². The SMILES string of the molecule is CCN1C(=O)c2ccc(Nc3nc(Nc4ccccc4S(=O)(=O)O)nc(=O)[nH]3)cc2C1=O.II.O=C1N=C(c2ccccc2)c2c(O)[nH]c(-c3ccccc3)c21. The lowest BCUT2D eigenvalue weighted by molar-refractivity contribution is 0.0662. The number of hydrogen-bond donors (Lipinski definition) is 6. The van der Waals surface area contributed by atoms with Crippen LogP contribution in [0.5, 0.6) is 5.88 Å². The van der Waals surface area contributed by atoms with Gasteiger partial charge in [0.1, 0.15) is 4.90 Å². The van der Waals surface area contributed by atoms with Gasteiger partial charge in [-0.05, 0) is 42.8 Å². The van der Waals surface area contributed by atoms with Crippen LogP contribution in [-0.2, 0) is 10.1 Å². The molecule has 2 aromatic heterocycles. The molecule has 0 saturated carbocycles. The number of nitrogens with one attached hydrogen (secondary N) is 4. The first kappa shape index (κ1) is 39.9. The minimum Gasteiger partial charge on any atom is -0.494 e. The molecule has 6 N–H and O–H groups in total. The first-order valence-electron chi connectivity index (χ1n) is 16.4. The van der Waals surface area contributed by atoms with Gasteiger partial charge in [0.25, 0.3) is 27.8 Å². The molecule has 3 amide bonds. The summed E-state index contributed by atoms with van der Waals surface area (Å²) < 4.78 is 32.5. The molecule has 6 aromatic rings. The number of hydrogen-bond acceptors (Lipinski definition) is 11. The van der Waals surface area contributed by atoms with E-state index in [4.69, 9.17) is 0 Å². The smallest absolute Gasteiger partial charge is 0.351 e. The molecule has 19 heteroatoms. The van der Waals surface area contributed by atoms with Crippen molar-refractivity contribution >= 4 is 94.1 Å². The van der Waals surface area contributed by atoms with Crippen molar-refractivity contribution in [2.75, 3.05) is 17.2 Å². The van der Waals surface area contributed by atoms with Crippen molar-refractivity contribution < 1.29 is 32.5 Å². The fourth-order valence-corrected chi connectivity index (χ4v) is 6.63. The predicted molar refractivity (Wildman–Crippen MR) is 225 cm³/mol. The van der Waals surface area contributed by atoms with E-state index in [0.29, 0.717) is 28.2 Å². The van der Waals surface area contributed by atoms with Crippen LogP contribution in [0.25, 0.3) is 11.3 Å². The van der Waals surface area contributed by atoms with E-state index in [9.17, 15) is 37.3 Å². The molecule has 0 bridgehead atoms. The summed E-state index contributed by atoms with van der Waals surface area (Å²) in [6, 6.07) is 28.8. The van der Waals surface area contributed by atoms with Gasteiger partial charge in [-0.1, -0.05) is 72.8 Å². The van der Waals surface area contributed by atoms with Crippen LogP contribution in [0.3, 0.4) is 0 Å². The van der Waals surface area contributed by atoms with Crippen molar-refractivity contribution in [3.8, 4) is 17.1 Å². The standard InChI is InChI=1S/C19H16N6O6S.C18H12N2O2.I2/c1-2-25-15(26)11-8-7-10(9-12(11)16(25)27)20-17-22-18(24-19(28)23-17)21-13-5-3-4-6-14(13)32(29,30)31;21-17-13-14(16(20-17)12-9-5-2-6-10-12)18(22)19-15(13)11-7-3-1-4-8-11;1-2/h3-9H,2H2,1H3,(H,29,30,31)(H3,20,21,22,23,24,28);1-10,19,22H;. The van der Waals surface area contributed by atoms with Gasteiger partial charge in [0.2, 0.25) is 11.9 Å². The van der Waals surface area contributed by atoms with Crippen molar-refractivity contribution in [2.45, 2.75) is 11.8 Å². The number of carbonyl (C=O) groups excluding carboxylic acids is 3. The monoisotopic (exact) mass is 998 g/mol. The quantitative estimate of drug-likeness (QED) is 0.0533. The second-order valence-electron chi connectivity index (χ2n) is 11.8. The third-order valence-corrected chi connectivity index (χ3v) is 9.28. The van der Waals surface area contributed by atoms with Crippen molar-refractivity contribution in [1.82, 2.24) is 24.8 Å². The zero-order valence-corrected chi connectivity index (χ0v) is 34.0. The number of aliphatic imine (C=N–C) groups is 1. The van der Waals surface area contributed by atoms with Crippen LogP contribution in [0.15, 0.2) is 118 Å². The number of fused-ring (bicyclic) bond motifs is 2. The third-order valence-electron chi connectivity index (χ3n) is 8.37. The number of amides is 3. The van der Waals surface area contributed by atoms with Gasteiger partial charge in [-0.3, -0.25) is 28.8 Å². The van der Waals surface area contributed by atoms with Gasteiger partial charge in [0.15, 0.2) is 5.88 Å². The number of para-hydroxylation sites is 1. The molecule has 0 unspecified atom stereocenters. The Morgan fingerprint density at radius 1 is 0.750 bits per heavy atom. The maximum atomic E-state index is 12.4. The van der Waals surface area contributed by atoms with Crippen LogP contribution in [-0.4, -0.2) is 72.9 Å². The predicted octanol–water partition coefficient (Wildman–Crippen LogP) is 6.66. The molecule has 0 aliphatic carbocycles. The number of H-pyrrole nitrogens is 2. The summed E-state index contributed by atoms with van der Waals surface area (Å²) in [7, 11) is -4.53. The summed E-state index contributed by atoms with van der Waals surface area (Å²) in [5.74, 6) is -1.45. The molecule has 56 heavy (non-hydrogen) atoms. The highest BCUT2D eigenvalue weighted by atomic mass is 128. The fraction of sp³-hybridized carbons (Fsp3) is 0.0541. The van der Waals surface area contributed by atoms with E-state index in [1.54, 1.807) is 13.0 Å². The van der Waals surface area contributed by atoms with Gasteiger partial charge in [-0.15, -0.1) is 0 Å². The van der Waals surface area contributed by atoms with Crippen LogP contribution >= 0.6 is 37.2 Å². The second kappa shape index (κ2) is 16.9. The largest absolute Gasteiger partial charge is 0.494 e. The number of aromatic nitrogens is 4. The number of carbonyl (C=O) groups is 3. The molecule has 0 spiro atoms. The molecule has 0 atom stereocenters. The number of halogens is 2. The molecule has 8 rings (SSSR count). The molecule has 0 radical (unpaired) electrons. The minimum absolute atomic E-state index is 0.0256. The Morgan fingerprint density at radius 2 is 1.38 bits per heavy atom. The maximum absolute atomic E-state index is 12.4. The highest BCUT2D eigenvalue weighted by molar-refractivity contribution is 15.0. The molecule has 0 fully saturated rings. The Bertz CT molecular complexity index is 2690. The normalized spacial score (nSPS) is 12.8. The van der Waals surface area contributed by atoms with Crippen LogP contribution in [0.4, 0.5) is 23.3 Å². The van der Waals surface area contributed by atoms with Crippen LogP contribution in [0.1, 0.15) is 49.1 Å². The number of aromatic hydroxyl groups is 1. The Labute approximate surface area is 341 Å². The van der Waals surface area contributed by atoms with E-state index in [1.165, 1.54) is 36.4 Å². The molecule has 16 nitrogen and oxygen atoms in total. The lowest BCUT2D eigenvalue weighted by atomic mass is 10.0. The number of rotatable bonds is 8. The molecule has 2 aliphatic heterocycles. The van der Waals surface area contributed by atoms with Gasteiger partial charge >= 0.3 is 5.69 Å². The van der Waals surface area contributed by atoms with E-state index in [2.05, 4.69) is 72.8 Å². The second-order valence-corrected chi connectivity index (χ2v) is 13.1.